The molecular weight excluding hydrogens is 309 g/mol. The summed E-state index contributed by atoms with van der Waals surface area (Å²) in [7, 11) is 0. The Morgan fingerprint density at radius 1 is 1.31 bits per heavy atom. The van der Waals surface area contributed by atoms with Crippen molar-refractivity contribution >= 4 is 28.3 Å². The lowest BCUT2D eigenvalue weighted by atomic mass is 9.81. The van der Waals surface area contributed by atoms with E-state index >= 15 is 0 Å². The van der Waals surface area contributed by atoms with Gasteiger partial charge in [-0.25, -0.2) is 0 Å². The van der Waals surface area contributed by atoms with Crippen LogP contribution in [0.15, 0.2) is 24.3 Å². The van der Waals surface area contributed by atoms with E-state index in [1.165, 1.54) is 28.6 Å². The van der Waals surface area contributed by atoms with E-state index in [0.29, 0.717) is 6.04 Å². The number of anilines is 1. The quantitative estimate of drug-likeness (QED) is 0.598. The zero-order valence-electron chi connectivity index (χ0n) is 10.3. The zero-order chi connectivity index (χ0) is 11.8. The molecule has 0 N–H and O–H groups in total. The predicted octanol–water partition coefficient (Wildman–Crippen LogP) is 4.00. The molecule has 1 nitrogen and oxygen atoms in total. The van der Waals surface area contributed by atoms with Crippen LogP contribution in [0, 0.1) is 0 Å². The van der Waals surface area contributed by atoms with E-state index in [9.17, 15) is 0 Å². The summed E-state index contributed by atoms with van der Waals surface area (Å²) < 4.78 is 1.24. The molecule has 0 spiro atoms. The molecule has 16 heavy (non-hydrogen) atoms. The van der Waals surface area contributed by atoms with Gasteiger partial charge < -0.3 is 4.90 Å². The fourth-order valence-corrected chi connectivity index (χ4v) is 2.98. The lowest BCUT2D eigenvalue weighted by Gasteiger charge is -2.31. The van der Waals surface area contributed by atoms with Crippen molar-refractivity contribution in [3.05, 3.63) is 29.8 Å². The Hall–Kier alpha value is -0.250. The van der Waals surface area contributed by atoms with Crippen LogP contribution in [0.5, 0.6) is 0 Å². The number of rotatable bonds is 3. The van der Waals surface area contributed by atoms with Crippen LogP contribution in [0.4, 0.5) is 5.69 Å². The molecule has 1 aliphatic rings. The van der Waals surface area contributed by atoms with E-state index in [1.807, 2.05) is 0 Å². The van der Waals surface area contributed by atoms with E-state index in [2.05, 4.69) is 72.5 Å². The van der Waals surface area contributed by atoms with Crippen molar-refractivity contribution in [1.82, 2.24) is 0 Å². The third-order valence-corrected chi connectivity index (χ3v) is 4.72. The number of benzene rings is 1. The summed E-state index contributed by atoms with van der Waals surface area (Å²) in [5.41, 5.74) is 3.24. The van der Waals surface area contributed by atoms with Crippen molar-refractivity contribution in [2.45, 2.75) is 38.6 Å². The number of para-hydroxylation sites is 1. The Labute approximate surface area is 112 Å². The molecule has 0 amide bonds. The molecule has 1 aromatic carbocycles. The fourth-order valence-electron chi connectivity index (χ4n) is 2.64. The first-order chi connectivity index (χ1) is 7.59. The van der Waals surface area contributed by atoms with Gasteiger partial charge in [0.2, 0.25) is 0 Å². The Morgan fingerprint density at radius 2 is 2.00 bits per heavy atom. The van der Waals surface area contributed by atoms with Crippen LogP contribution in [0.2, 0.25) is 0 Å². The molecule has 0 saturated heterocycles. The zero-order valence-corrected chi connectivity index (χ0v) is 12.5. The Morgan fingerprint density at radius 3 is 2.69 bits per heavy atom. The van der Waals surface area contributed by atoms with Crippen molar-refractivity contribution in [3.63, 3.8) is 0 Å². The monoisotopic (exact) mass is 329 g/mol. The lowest BCUT2D eigenvalue weighted by molar-refractivity contribution is 0.441. The summed E-state index contributed by atoms with van der Waals surface area (Å²) >= 11 is 2.46. The summed E-state index contributed by atoms with van der Waals surface area (Å²) in [5, 5.41) is 0. The molecular formula is C14H20IN. The molecule has 1 aromatic rings. The van der Waals surface area contributed by atoms with Gasteiger partial charge >= 0.3 is 0 Å². The van der Waals surface area contributed by atoms with Gasteiger partial charge in [0, 0.05) is 28.1 Å². The molecule has 0 aliphatic carbocycles. The summed E-state index contributed by atoms with van der Waals surface area (Å²) in [4.78, 5) is 2.58. The van der Waals surface area contributed by atoms with Crippen LogP contribution in [-0.4, -0.2) is 17.0 Å². The molecule has 0 saturated carbocycles. The summed E-state index contributed by atoms with van der Waals surface area (Å²) in [5.74, 6) is 0. The topological polar surface area (TPSA) is 3.24 Å². The molecule has 0 aromatic heterocycles. The summed E-state index contributed by atoms with van der Waals surface area (Å²) in [6, 6.07) is 9.48. The van der Waals surface area contributed by atoms with Gasteiger partial charge in [0.05, 0.1) is 0 Å². The standard InChI is InChI=1S/C14H20IN/c1-11-14(2,3)12-7-4-5-8-13(12)16(11)10-6-9-15/h4-5,7-8,11H,6,9-10H2,1-3H3. The Balaban J connectivity index is 2.35. The Bertz CT molecular complexity index is 373. The molecule has 2 rings (SSSR count). The first-order valence-electron chi connectivity index (χ1n) is 6.01. The maximum Gasteiger partial charge on any atom is 0.0407 e. The van der Waals surface area contributed by atoms with Gasteiger partial charge in [-0.1, -0.05) is 54.6 Å². The largest absolute Gasteiger partial charge is 0.368 e. The van der Waals surface area contributed by atoms with Crippen molar-refractivity contribution in [2.24, 2.45) is 0 Å². The molecule has 1 heterocycles. The van der Waals surface area contributed by atoms with Crippen molar-refractivity contribution in [3.8, 4) is 0 Å². The minimum Gasteiger partial charge on any atom is -0.368 e. The van der Waals surface area contributed by atoms with E-state index in [1.54, 1.807) is 0 Å². The minimum absolute atomic E-state index is 0.280. The van der Waals surface area contributed by atoms with Gasteiger partial charge in [-0.2, -0.15) is 0 Å². The SMILES string of the molecule is CC1N(CCCI)c2ccccc2C1(C)C. The number of alkyl halides is 1. The average molecular weight is 329 g/mol. The first kappa shape index (κ1) is 12.2. The highest BCUT2D eigenvalue weighted by Crippen LogP contribution is 2.44. The van der Waals surface area contributed by atoms with Crippen molar-refractivity contribution < 1.29 is 0 Å². The van der Waals surface area contributed by atoms with E-state index in [-0.39, 0.29) is 5.41 Å². The minimum atomic E-state index is 0.280. The smallest absolute Gasteiger partial charge is 0.0407 e. The molecule has 1 aliphatic heterocycles. The fraction of sp³-hybridized carbons (Fsp3) is 0.571. The first-order valence-corrected chi connectivity index (χ1v) is 7.53. The second-order valence-electron chi connectivity index (χ2n) is 5.15. The summed E-state index contributed by atoms with van der Waals surface area (Å²) in [6.45, 7) is 8.26. The second kappa shape index (κ2) is 4.55. The highest BCUT2D eigenvalue weighted by atomic mass is 127. The van der Waals surface area contributed by atoms with E-state index < -0.39 is 0 Å². The molecule has 1 unspecified atom stereocenters. The number of halogens is 1. The summed E-state index contributed by atoms with van der Waals surface area (Å²) in [6.07, 6.45) is 1.27. The third kappa shape index (κ3) is 1.85. The normalized spacial score (nSPS) is 22.2. The third-order valence-electron chi connectivity index (χ3n) is 3.95. The molecule has 0 bridgehead atoms. The van der Waals surface area contributed by atoms with Gasteiger partial charge in [-0.3, -0.25) is 0 Å². The lowest BCUT2D eigenvalue weighted by Crippen LogP contribution is -2.39. The number of nitrogens with zero attached hydrogens (tertiary/aromatic N) is 1. The van der Waals surface area contributed by atoms with Crippen molar-refractivity contribution in [2.75, 3.05) is 15.9 Å². The maximum absolute atomic E-state index is 2.58. The van der Waals surface area contributed by atoms with Gasteiger partial charge in [0.25, 0.3) is 0 Å². The maximum atomic E-state index is 2.58. The highest BCUT2D eigenvalue weighted by molar-refractivity contribution is 14.1. The van der Waals surface area contributed by atoms with E-state index in [4.69, 9.17) is 0 Å². The molecule has 1 atom stereocenters. The van der Waals surface area contributed by atoms with E-state index in [0.717, 1.165) is 0 Å². The van der Waals surface area contributed by atoms with Crippen LogP contribution >= 0.6 is 22.6 Å². The van der Waals surface area contributed by atoms with Crippen LogP contribution < -0.4 is 4.90 Å². The van der Waals surface area contributed by atoms with Crippen LogP contribution in [0.1, 0.15) is 32.8 Å². The molecule has 0 fully saturated rings. The van der Waals surface area contributed by atoms with Gasteiger partial charge in [0.1, 0.15) is 0 Å². The van der Waals surface area contributed by atoms with Crippen LogP contribution in [-0.2, 0) is 5.41 Å². The Kier molecular flexibility index (Phi) is 3.48. The van der Waals surface area contributed by atoms with Gasteiger partial charge in [-0.05, 0) is 25.0 Å². The number of hydrogen-bond donors (Lipinski definition) is 0. The molecule has 0 radical (unpaired) electrons. The van der Waals surface area contributed by atoms with Gasteiger partial charge in [-0.15, -0.1) is 0 Å². The molecule has 2 heteroatoms. The average Bonchev–Trinajstić information content (AvgIpc) is 2.47. The molecule has 88 valence electrons. The van der Waals surface area contributed by atoms with Crippen LogP contribution in [0.3, 0.4) is 0 Å². The number of fused-ring (bicyclic) bond motifs is 1. The second-order valence-corrected chi connectivity index (χ2v) is 6.23. The van der Waals surface area contributed by atoms with Crippen LogP contribution in [0.25, 0.3) is 0 Å². The predicted molar refractivity (Wildman–Crippen MR) is 79.8 cm³/mol. The van der Waals surface area contributed by atoms with Crippen molar-refractivity contribution in [1.29, 1.82) is 0 Å². The number of hydrogen-bond acceptors (Lipinski definition) is 1. The van der Waals surface area contributed by atoms with Gasteiger partial charge in [0.15, 0.2) is 0 Å². The highest BCUT2D eigenvalue weighted by Gasteiger charge is 2.40.